The van der Waals surface area contributed by atoms with Crippen molar-refractivity contribution in [2.75, 3.05) is 6.54 Å². The van der Waals surface area contributed by atoms with Gasteiger partial charge in [-0.25, -0.2) is 0 Å². The molecule has 0 bridgehead atoms. The van der Waals surface area contributed by atoms with Crippen molar-refractivity contribution in [1.29, 1.82) is 0 Å². The summed E-state index contributed by atoms with van der Waals surface area (Å²) in [4.78, 5) is 11.8. The Hall–Kier alpha value is -0.870. The highest BCUT2D eigenvalue weighted by Gasteiger charge is 2.19. The molecule has 0 aliphatic rings. The lowest BCUT2D eigenvalue weighted by Crippen LogP contribution is -2.40. The number of carbonyl (C=O) groups excluding carboxylic acids is 1. The minimum Gasteiger partial charge on any atom is -0.388 e. The second-order valence-electron chi connectivity index (χ2n) is 4.01. The molecular formula is C12H16BrNO2. The monoisotopic (exact) mass is 285 g/mol. The average Bonchev–Trinajstić information content (AvgIpc) is 2.27. The van der Waals surface area contributed by atoms with Crippen molar-refractivity contribution in [3.05, 3.63) is 34.3 Å². The number of nitrogens with one attached hydrogen (secondary N) is 1. The summed E-state index contributed by atoms with van der Waals surface area (Å²) in [5.41, 5.74) is -0.272. The molecule has 1 unspecified atom stereocenters. The van der Waals surface area contributed by atoms with Crippen LogP contribution in [-0.2, 0) is 0 Å². The van der Waals surface area contributed by atoms with Crippen LogP contribution in [0.4, 0.5) is 0 Å². The number of aliphatic hydroxyl groups is 1. The molecule has 2 N–H and O–H groups in total. The highest BCUT2D eigenvalue weighted by molar-refractivity contribution is 9.10. The number of benzene rings is 1. The van der Waals surface area contributed by atoms with Crippen LogP contribution >= 0.6 is 15.9 Å². The number of halogens is 1. The van der Waals surface area contributed by atoms with E-state index in [-0.39, 0.29) is 12.5 Å². The molecule has 1 atom stereocenters. The Morgan fingerprint density at radius 2 is 2.12 bits per heavy atom. The summed E-state index contributed by atoms with van der Waals surface area (Å²) in [7, 11) is 0. The van der Waals surface area contributed by atoms with Gasteiger partial charge in [0, 0.05) is 11.0 Å². The molecule has 0 radical (unpaired) electrons. The van der Waals surface area contributed by atoms with E-state index in [1.54, 1.807) is 19.1 Å². The third kappa shape index (κ3) is 3.61. The summed E-state index contributed by atoms with van der Waals surface area (Å²) in [6.45, 7) is 3.83. The lowest BCUT2D eigenvalue weighted by atomic mass is 10.0. The zero-order valence-electron chi connectivity index (χ0n) is 9.46. The third-order valence-electron chi connectivity index (χ3n) is 2.51. The van der Waals surface area contributed by atoms with Crippen LogP contribution in [0.15, 0.2) is 28.7 Å². The van der Waals surface area contributed by atoms with E-state index in [2.05, 4.69) is 21.2 Å². The number of amides is 1. The summed E-state index contributed by atoms with van der Waals surface area (Å²) in [6.07, 6.45) is 0.600. The largest absolute Gasteiger partial charge is 0.388 e. The van der Waals surface area contributed by atoms with Crippen LogP contribution in [0.25, 0.3) is 0 Å². The van der Waals surface area contributed by atoms with Crippen molar-refractivity contribution in [3.63, 3.8) is 0 Å². The Labute approximate surface area is 104 Å². The Kier molecular flexibility index (Phi) is 4.50. The van der Waals surface area contributed by atoms with Gasteiger partial charge >= 0.3 is 0 Å². The first-order valence-corrected chi connectivity index (χ1v) is 6.00. The van der Waals surface area contributed by atoms with E-state index in [0.29, 0.717) is 12.0 Å². The van der Waals surface area contributed by atoms with Gasteiger partial charge < -0.3 is 10.4 Å². The van der Waals surface area contributed by atoms with E-state index in [1.807, 2.05) is 19.1 Å². The van der Waals surface area contributed by atoms with Gasteiger partial charge in [0.2, 0.25) is 0 Å². The minimum absolute atomic E-state index is 0.179. The molecule has 4 heteroatoms. The summed E-state index contributed by atoms with van der Waals surface area (Å²) >= 11 is 3.31. The molecule has 0 saturated heterocycles. The van der Waals surface area contributed by atoms with E-state index < -0.39 is 5.60 Å². The zero-order chi connectivity index (χ0) is 12.2. The van der Waals surface area contributed by atoms with E-state index in [0.717, 1.165) is 4.47 Å². The summed E-state index contributed by atoms with van der Waals surface area (Å²) < 4.78 is 0.753. The van der Waals surface area contributed by atoms with Gasteiger partial charge in [-0.05, 0) is 41.4 Å². The molecule has 88 valence electrons. The maximum Gasteiger partial charge on any atom is 0.252 e. The van der Waals surface area contributed by atoms with Crippen LogP contribution in [0.1, 0.15) is 30.6 Å². The van der Waals surface area contributed by atoms with Gasteiger partial charge in [0.15, 0.2) is 0 Å². The van der Waals surface area contributed by atoms with E-state index >= 15 is 0 Å². The van der Waals surface area contributed by atoms with Crippen molar-refractivity contribution in [3.8, 4) is 0 Å². The van der Waals surface area contributed by atoms with Crippen molar-refractivity contribution in [1.82, 2.24) is 5.32 Å². The molecular weight excluding hydrogens is 270 g/mol. The average molecular weight is 286 g/mol. The molecule has 1 amide bonds. The molecule has 0 fully saturated rings. The fourth-order valence-electron chi connectivity index (χ4n) is 1.14. The molecule has 0 aliphatic heterocycles. The summed E-state index contributed by atoms with van der Waals surface area (Å²) in [6, 6.07) is 7.20. The van der Waals surface area contributed by atoms with Crippen molar-refractivity contribution < 1.29 is 9.90 Å². The molecule has 16 heavy (non-hydrogen) atoms. The van der Waals surface area contributed by atoms with E-state index in [1.165, 1.54) is 0 Å². The van der Waals surface area contributed by atoms with Crippen LogP contribution in [-0.4, -0.2) is 23.2 Å². The summed E-state index contributed by atoms with van der Waals surface area (Å²) in [5, 5.41) is 12.5. The van der Waals surface area contributed by atoms with Gasteiger partial charge in [-0.2, -0.15) is 0 Å². The SMILES string of the molecule is CCC(C)(O)CNC(=O)c1ccccc1Br. The number of carbonyl (C=O) groups is 1. The maximum atomic E-state index is 11.8. The Morgan fingerprint density at radius 1 is 1.50 bits per heavy atom. The number of rotatable bonds is 4. The molecule has 0 aliphatic carbocycles. The van der Waals surface area contributed by atoms with Gasteiger partial charge in [0.1, 0.15) is 0 Å². The quantitative estimate of drug-likeness (QED) is 0.892. The predicted octanol–water partition coefficient (Wildman–Crippen LogP) is 2.34. The first-order chi connectivity index (χ1) is 7.46. The second-order valence-corrected chi connectivity index (χ2v) is 4.87. The normalized spacial score (nSPS) is 14.2. The molecule has 1 aromatic rings. The van der Waals surface area contributed by atoms with Gasteiger partial charge in [-0.1, -0.05) is 19.1 Å². The fraction of sp³-hybridized carbons (Fsp3) is 0.417. The first kappa shape index (κ1) is 13.2. The zero-order valence-corrected chi connectivity index (χ0v) is 11.0. The highest BCUT2D eigenvalue weighted by atomic mass is 79.9. The molecule has 0 spiro atoms. The van der Waals surface area contributed by atoms with Gasteiger partial charge in [0.25, 0.3) is 5.91 Å². The first-order valence-electron chi connectivity index (χ1n) is 5.21. The number of hydrogen-bond donors (Lipinski definition) is 2. The van der Waals surface area contributed by atoms with E-state index in [4.69, 9.17) is 0 Å². The standard InChI is InChI=1S/C12H16BrNO2/c1-3-12(2,16)8-14-11(15)9-6-4-5-7-10(9)13/h4-7,16H,3,8H2,1-2H3,(H,14,15). The molecule has 1 aromatic carbocycles. The fourth-order valence-corrected chi connectivity index (χ4v) is 1.60. The molecule has 0 heterocycles. The van der Waals surface area contributed by atoms with Gasteiger partial charge in [-0.15, -0.1) is 0 Å². The van der Waals surface area contributed by atoms with Crippen LogP contribution in [0, 0.1) is 0 Å². The lowest BCUT2D eigenvalue weighted by Gasteiger charge is -2.21. The van der Waals surface area contributed by atoms with Crippen molar-refractivity contribution in [2.45, 2.75) is 25.9 Å². The Balaban J connectivity index is 2.64. The highest BCUT2D eigenvalue weighted by Crippen LogP contribution is 2.16. The van der Waals surface area contributed by atoms with Crippen LogP contribution in [0.2, 0.25) is 0 Å². The molecule has 1 rings (SSSR count). The second kappa shape index (κ2) is 5.46. The van der Waals surface area contributed by atoms with Crippen molar-refractivity contribution >= 4 is 21.8 Å². The minimum atomic E-state index is -0.850. The predicted molar refractivity (Wildman–Crippen MR) is 67.4 cm³/mol. The van der Waals surface area contributed by atoms with Gasteiger partial charge in [-0.3, -0.25) is 4.79 Å². The van der Waals surface area contributed by atoms with Crippen LogP contribution in [0.5, 0.6) is 0 Å². The topological polar surface area (TPSA) is 49.3 Å². The Bertz CT molecular complexity index is 377. The lowest BCUT2D eigenvalue weighted by molar-refractivity contribution is 0.0518. The van der Waals surface area contributed by atoms with Crippen molar-refractivity contribution in [2.24, 2.45) is 0 Å². The summed E-state index contributed by atoms with van der Waals surface area (Å²) in [5.74, 6) is -0.179. The van der Waals surface area contributed by atoms with Crippen LogP contribution < -0.4 is 5.32 Å². The molecule has 3 nitrogen and oxygen atoms in total. The third-order valence-corrected chi connectivity index (χ3v) is 3.20. The smallest absolute Gasteiger partial charge is 0.252 e. The van der Waals surface area contributed by atoms with Crippen LogP contribution in [0.3, 0.4) is 0 Å². The maximum absolute atomic E-state index is 11.8. The molecule has 0 aromatic heterocycles. The van der Waals surface area contributed by atoms with Gasteiger partial charge in [0.05, 0.1) is 11.2 Å². The number of hydrogen-bond acceptors (Lipinski definition) is 2. The van der Waals surface area contributed by atoms with E-state index in [9.17, 15) is 9.90 Å². The Morgan fingerprint density at radius 3 is 2.69 bits per heavy atom. The molecule has 0 saturated carbocycles.